The largest absolute Gasteiger partial charge is 0.479 e. The molecule has 1 saturated heterocycles. The highest BCUT2D eigenvalue weighted by Gasteiger charge is 2.39. The molecule has 8 atom stereocenters. The molecular formula is C18H36O8. The average Bonchev–Trinajstić information content (AvgIpc) is 2.60. The molecular weight excluding hydrogens is 344 g/mol. The first kappa shape index (κ1) is 27.0. The van der Waals surface area contributed by atoms with Gasteiger partial charge < -0.3 is 30.6 Å². The lowest BCUT2D eigenvalue weighted by molar-refractivity contribution is -0.179. The molecule has 0 spiro atoms. The fourth-order valence-electron chi connectivity index (χ4n) is 2.86. The summed E-state index contributed by atoms with van der Waals surface area (Å²) in [5.74, 6) is -2.09. The van der Waals surface area contributed by atoms with E-state index >= 15 is 0 Å². The van der Waals surface area contributed by atoms with Gasteiger partial charge in [0.2, 0.25) is 0 Å². The van der Waals surface area contributed by atoms with Gasteiger partial charge in [0.15, 0.2) is 12.2 Å². The van der Waals surface area contributed by atoms with E-state index in [9.17, 15) is 24.9 Å². The number of carbonyl (C=O) groups is 2. The maximum atomic E-state index is 11.0. The Morgan fingerprint density at radius 2 is 1.62 bits per heavy atom. The normalized spacial score (nSPS) is 29.8. The number of aliphatic hydroxyl groups excluding tert-OH is 3. The highest BCUT2D eigenvalue weighted by Crippen LogP contribution is 2.29. The molecule has 8 heteroatoms. The van der Waals surface area contributed by atoms with Gasteiger partial charge in [-0.2, -0.15) is 0 Å². The fraction of sp³-hybridized carbons (Fsp3) is 0.889. The van der Waals surface area contributed by atoms with E-state index in [0.29, 0.717) is 6.42 Å². The van der Waals surface area contributed by atoms with Crippen molar-refractivity contribution >= 4 is 11.9 Å². The molecule has 26 heavy (non-hydrogen) atoms. The van der Waals surface area contributed by atoms with E-state index in [2.05, 4.69) is 0 Å². The first-order chi connectivity index (χ1) is 11.5. The molecule has 0 amide bonds. The molecule has 156 valence electrons. The van der Waals surface area contributed by atoms with E-state index in [-0.39, 0.29) is 29.3 Å². The summed E-state index contributed by atoms with van der Waals surface area (Å²) in [7, 11) is 0. The van der Waals surface area contributed by atoms with Gasteiger partial charge in [-0.3, -0.25) is 0 Å². The van der Waals surface area contributed by atoms with Crippen molar-refractivity contribution in [2.45, 2.75) is 78.8 Å². The lowest BCUT2D eigenvalue weighted by Gasteiger charge is -2.35. The molecule has 1 aliphatic rings. The number of esters is 1. The highest BCUT2D eigenvalue weighted by molar-refractivity contribution is 5.75. The van der Waals surface area contributed by atoms with Crippen LogP contribution in [0.15, 0.2) is 0 Å². The lowest BCUT2D eigenvalue weighted by Crippen LogP contribution is -2.46. The van der Waals surface area contributed by atoms with Crippen LogP contribution in [0.1, 0.15) is 54.4 Å². The van der Waals surface area contributed by atoms with Gasteiger partial charge in [0.1, 0.15) is 6.10 Å². The topological polar surface area (TPSA) is 156 Å². The second kappa shape index (κ2) is 12.2. The van der Waals surface area contributed by atoms with Crippen LogP contribution >= 0.6 is 0 Å². The molecule has 0 bridgehead atoms. The van der Waals surface area contributed by atoms with E-state index < -0.39 is 36.2 Å². The predicted octanol–water partition coefficient (Wildman–Crippen LogP) is 0.605. The standard InChI is InChI=1S/C9H18O4.C9H16O3.H2O/c1-4-7(10)5(2)6(3)8(11)9(12)13;1-4-7-5(2)6(3)8(10)9(11)12-7;/h5-8,10-11H,4H2,1-3H3,(H,12,13);5-8,10H,4H2,1-3H3;1H2. The molecule has 0 aromatic rings. The fourth-order valence-corrected chi connectivity index (χ4v) is 2.86. The minimum Gasteiger partial charge on any atom is -0.479 e. The quantitative estimate of drug-likeness (QED) is 0.492. The summed E-state index contributed by atoms with van der Waals surface area (Å²) in [5.41, 5.74) is 0. The van der Waals surface area contributed by atoms with Crippen molar-refractivity contribution < 1.29 is 40.2 Å². The zero-order valence-corrected chi connectivity index (χ0v) is 16.5. The minimum atomic E-state index is -1.39. The van der Waals surface area contributed by atoms with Gasteiger partial charge in [0.25, 0.3) is 0 Å². The monoisotopic (exact) mass is 380 g/mol. The Kier molecular flexibility index (Phi) is 12.7. The molecule has 1 aliphatic heterocycles. The van der Waals surface area contributed by atoms with E-state index in [0.717, 1.165) is 6.42 Å². The summed E-state index contributed by atoms with van der Waals surface area (Å²) >= 11 is 0. The number of aliphatic hydroxyl groups is 3. The predicted molar refractivity (Wildman–Crippen MR) is 96.4 cm³/mol. The van der Waals surface area contributed by atoms with Crippen LogP contribution in [0.4, 0.5) is 0 Å². The number of carboxylic acid groups (broad SMARTS) is 1. The maximum absolute atomic E-state index is 11.0. The van der Waals surface area contributed by atoms with Gasteiger partial charge in [-0.15, -0.1) is 0 Å². The molecule has 0 saturated carbocycles. The Bertz CT molecular complexity index is 425. The zero-order valence-electron chi connectivity index (χ0n) is 16.5. The molecule has 0 radical (unpaired) electrons. The van der Waals surface area contributed by atoms with Gasteiger partial charge in [-0.25, -0.2) is 9.59 Å². The molecule has 8 nitrogen and oxygen atoms in total. The molecule has 1 rings (SSSR count). The Morgan fingerprint density at radius 3 is 2.00 bits per heavy atom. The average molecular weight is 380 g/mol. The van der Waals surface area contributed by atoms with Crippen LogP contribution in [-0.2, 0) is 14.3 Å². The van der Waals surface area contributed by atoms with Crippen molar-refractivity contribution in [3.8, 4) is 0 Å². The van der Waals surface area contributed by atoms with Crippen molar-refractivity contribution in [3.63, 3.8) is 0 Å². The molecule has 6 N–H and O–H groups in total. The Labute approximate surface area is 155 Å². The van der Waals surface area contributed by atoms with Gasteiger partial charge in [0, 0.05) is 0 Å². The molecule has 0 aromatic heterocycles. The number of carboxylic acids is 1. The second-order valence-corrected chi connectivity index (χ2v) is 7.02. The first-order valence-electron chi connectivity index (χ1n) is 8.96. The summed E-state index contributed by atoms with van der Waals surface area (Å²) in [5, 5.41) is 36.5. The van der Waals surface area contributed by atoms with Crippen LogP contribution in [0, 0.1) is 23.7 Å². The molecule has 0 aromatic carbocycles. The van der Waals surface area contributed by atoms with Crippen LogP contribution in [0.3, 0.4) is 0 Å². The number of rotatable bonds is 6. The van der Waals surface area contributed by atoms with Crippen LogP contribution in [0.5, 0.6) is 0 Å². The third-order valence-corrected chi connectivity index (χ3v) is 5.43. The summed E-state index contributed by atoms with van der Waals surface area (Å²) < 4.78 is 5.04. The molecule has 1 heterocycles. The summed E-state index contributed by atoms with van der Waals surface area (Å²) in [6.07, 6.45) is -1.50. The van der Waals surface area contributed by atoms with Crippen LogP contribution in [0.2, 0.25) is 0 Å². The van der Waals surface area contributed by atoms with E-state index in [1.165, 1.54) is 0 Å². The van der Waals surface area contributed by atoms with Gasteiger partial charge >= 0.3 is 11.9 Å². The third kappa shape index (κ3) is 7.19. The van der Waals surface area contributed by atoms with E-state index in [1.54, 1.807) is 13.8 Å². The molecule has 0 aliphatic carbocycles. The van der Waals surface area contributed by atoms with Crippen molar-refractivity contribution in [2.75, 3.05) is 0 Å². The molecule has 8 unspecified atom stereocenters. The summed E-state index contributed by atoms with van der Waals surface area (Å²) in [4.78, 5) is 21.5. The van der Waals surface area contributed by atoms with Crippen molar-refractivity contribution in [2.24, 2.45) is 23.7 Å². The number of carbonyl (C=O) groups excluding carboxylic acids is 1. The number of hydrogen-bond acceptors (Lipinski definition) is 6. The Balaban J connectivity index is 0. The SMILES string of the molecule is CCC(O)C(C)C(C)C(O)C(=O)O.CCC1OC(=O)C(O)C(C)C1C.O. The second-order valence-electron chi connectivity index (χ2n) is 7.02. The Hall–Kier alpha value is -1.22. The van der Waals surface area contributed by atoms with Crippen LogP contribution in [-0.4, -0.2) is 62.3 Å². The summed E-state index contributed by atoms with van der Waals surface area (Å²) in [6, 6.07) is 0. The highest BCUT2D eigenvalue weighted by atomic mass is 16.6. The number of cyclic esters (lactones) is 1. The minimum absolute atomic E-state index is 0. The smallest absolute Gasteiger partial charge is 0.335 e. The van der Waals surface area contributed by atoms with Crippen molar-refractivity contribution in [3.05, 3.63) is 0 Å². The number of hydrogen-bond donors (Lipinski definition) is 4. The van der Waals surface area contributed by atoms with Gasteiger partial charge in [-0.05, 0) is 36.5 Å². The molecule has 1 fully saturated rings. The maximum Gasteiger partial charge on any atom is 0.335 e. The van der Waals surface area contributed by atoms with Crippen LogP contribution in [0.25, 0.3) is 0 Å². The summed E-state index contributed by atoms with van der Waals surface area (Å²) in [6.45, 7) is 11.1. The number of ether oxygens (including phenoxy) is 1. The van der Waals surface area contributed by atoms with E-state index in [4.69, 9.17) is 9.84 Å². The Morgan fingerprint density at radius 1 is 1.12 bits per heavy atom. The van der Waals surface area contributed by atoms with Crippen molar-refractivity contribution in [1.82, 2.24) is 0 Å². The van der Waals surface area contributed by atoms with Crippen molar-refractivity contribution in [1.29, 1.82) is 0 Å². The van der Waals surface area contributed by atoms with Crippen LogP contribution < -0.4 is 0 Å². The first-order valence-corrected chi connectivity index (χ1v) is 8.96. The van der Waals surface area contributed by atoms with E-state index in [1.807, 2.05) is 27.7 Å². The number of aliphatic carboxylic acids is 1. The zero-order chi connectivity index (χ0) is 19.9. The lowest BCUT2D eigenvalue weighted by atomic mass is 9.83. The van der Waals surface area contributed by atoms with Gasteiger partial charge in [-0.1, -0.05) is 41.5 Å². The van der Waals surface area contributed by atoms with Gasteiger partial charge in [0.05, 0.1) is 6.10 Å². The third-order valence-electron chi connectivity index (χ3n) is 5.43.